The molecule has 1 aromatic carbocycles. The maximum absolute atomic E-state index is 14.3. The minimum absolute atomic E-state index is 0.105. The summed E-state index contributed by atoms with van der Waals surface area (Å²) in [5.41, 5.74) is -0.115. The van der Waals surface area contributed by atoms with Crippen LogP contribution in [0.15, 0.2) is 24.3 Å². The molecule has 4 aliphatic carbocycles. The van der Waals surface area contributed by atoms with Gasteiger partial charge in [-0.2, -0.15) is 0 Å². The average molecular weight is 359 g/mol. The summed E-state index contributed by atoms with van der Waals surface area (Å²) in [6.45, 7) is 0.298. The fourth-order valence-corrected chi connectivity index (χ4v) is 6.03. The van der Waals surface area contributed by atoms with E-state index in [1.54, 1.807) is 18.2 Å². The van der Waals surface area contributed by atoms with Crippen molar-refractivity contribution in [2.75, 3.05) is 13.7 Å². The van der Waals surface area contributed by atoms with Gasteiger partial charge < -0.3 is 9.64 Å². The molecular formula is C21H26FNO3. The second kappa shape index (κ2) is 6.67. The third kappa shape index (κ3) is 3.01. The van der Waals surface area contributed by atoms with Crippen molar-refractivity contribution in [1.82, 2.24) is 4.90 Å². The lowest BCUT2D eigenvalue weighted by atomic mass is 9.52. The molecule has 1 amide bonds. The highest BCUT2D eigenvalue weighted by molar-refractivity contribution is 5.95. The Balaban J connectivity index is 1.66. The highest BCUT2D eigenvalue weighted by Crippen LogP contribution is 2.58. The van der Waals surface area contributed by atoms with Crippen molar-refractivity contribution in [3.8, 4) is 0 Å². The normalized spacial score (nSPS) is 31.7. The van der Waals surface area contributed by atoms with Crippen molar-refractivity contribution in [1.29, 1.82) is 0 Å². The van der Waals surface area contributed by atoms with Crippen molar-refractivity contribution >= 4 is 11.9 Å². The van der Waals surface area contributed by atoms with Crippen LogP contribution in [0.5, 0.6) is 0 Å². The van der Waals surface area contributed by atoms with E-state index in [1.165, 1.54) is 32.4 Å². The van der Waals surface area contributed by atoms with Crippen molar-refractivity contribution in [2.24, 2.45) is 17.8 Å². The fourth-order valence-electron chi connectivity index (χ4n) is 6.03. The molecule has 26 heavy (non-hydrogen) atoms. The SMILES string of the molecule is COC(=O)CCN(C(=O)c1ccccc1F)C12CC3CC(CC(C3)C1)C2. The minimum Gasteiger partial charge on any atom is -0.469 e. The third-order valence-electron chi connectivity index (χ3n) is 6.70. The topological polar surface area (TPSA) is 46.6 Å². The smallest absolute Gasteiger partial charge is 0.307 e. The van der Waals surface area contributed by atoms with E-state index in [9.17, 15) is 14.0 Å². The number of benzene rings is 1. The number of carbonyl (C=O) groups excluding carboxylic acids is 2. The predicted octanol–water partition coefficient (Wildman–Crippen LogP) is 3.80. The first-order valence-electron chi connectivity index (χ1n) is 9.64. The number of hydrogen-bond acceptors (Lipinski definition) is 3. The van der Waals surface area contributed by atoms with Gasteiger partial charge in [0.2, 0.25) is 0 Å². The van der Waals surface area contributed by atoms with Crippen LogP contribution >= 0.6 is 0 Å². The molecule has 0 N–H and O–H groups in total. The summed E-state index contributed by atoms with van der Waals surface area (Å²) < 4.78 is 19.1. The zero-order chi connectivity index (χ0) is 18.3. The number of rotatable bonds is 5. The van der Waals surface area contributed by atoms with Crippen LogP contribution in [0.2, 0.25) is 0 Å². The molecule has 0 aliphatic heterocycles. The number of ether oxygens (including phenoxy) is 1. The molecule has 0 saturated heterocycles. The second-order valence-electron chi connectivity index (χ2n) is 8.40. The Labute approximate surface area is 153 Å². The quantitative estimate of drug-likeness (QED) is 0.751. The summed E-state index contributed by atoms with van der Waals surface area (Å²) in [7, 11) is 1.36. The molecule has 4 fully saturated rings. The van der Waals surface area contributed by atoms with Crippen LogP contribution in [0.1, 0.15) is 55.3 Å². The molecule has 0 radical (unpaired) electrons. The monoisotopic (exact) mass is 359 g/mol. The summed E-state index contributed by atoms with van der Waals surface area (Å²) in [5, 5.41) is 0. The molecule has 0 unspecified atom stereocenters. The molecule has 4 saturated carbocycles. The van der Waals surface area contributed by atoms with E-state index < -0.39 is 5.82 Å². The Bertz CT molecular complexity index is 682. The van der Waals surface area contributed by atoms with Gasteiger partial charge in [0.15, 0.2) is 0 Å². The van der Waals surface area contributed by atoms with Gasteiger partial charge in [-0.15, -0.1) is 0 Å². The second-order valence-corrected chi connectivity index (χ2v) is 8.40. The van der Waals surface area contributed by atoms with E-state index in [1.807, 2.05) is 4.90 Å². The van der Waals surface area contributed by atoms with E-state index in [4.69, 9.17) is 4.74 Å². The Morgan fingerprint density at radius 2 is 1.69 bits per heavy atom. The molecule has 0 atom stereocenters. The van der Waals surface area contributed by atoms with Crippen LogP contribution in [0.25, 0.3) is 0 Å². The van der Waals surface area contributed by atoms with Gasteiger partial charge in [0.25, 0.3) is 5.91 Å². The van der Waals surface area contributed by atoms with Crippen molar-refractivity contribution < 1.29 is 18.7 Å². The number of halogens is 1. The van der Waals surface area contributed by atoms with Crippen molar-refractivity contribution in [3.63, 3.8) is 0 Å². The van der Waals surface area contributed by atoms with Gasteiger partial charge in [0.1, 0.15) is 5.82 Å². The maximum atomic E-state index is 14.3. The Hall–Kier alpha value is -1.91. The summed E-state index contributed by atoms with van der Waals surface area (Å²) in [6.07, 6.45) is 6.90. The maximum Gasteiger partial charge on any atom is 0.307 e. The first-order chi connectivity index (χ1) is 12.5. The predicted molar refractivity (Wildman–Crippen MR) is 95.0 cm³/mol. The van der Waals surface area contributed by atoms with Gasteiger partial charge in [0.05, 0.1) is 19.1 Å². The lowest BCUT2D eigenvalue weighted by molar-refractivity contribution is -0.141. The third-order valence-corrected chi connectivity index (χ3v) is 6.70. The zero-order valence-corrected chi connectivity index (χ0v) is 15.2. The first kappa shape index (κ1) is 17.5. The van der Waals surface area contributed by atoms with Crippen LogP contribution in [0, 0.1) is 23.6 Å². The summed E-state index contributed by atoms with van der Waals surface area (Å²) in [5.74, 6) is 0.876. The van der Waals surface area contributed by atoms with Crippen LogP contribution in [0.4, 0.5) is 4.39 Å². The number of amides is 1. The zero-order valence-electron chi connectivity index (χ0n) is 15.2. The molecule has 4 aliphatic rings. The van der Waals surface area contributed by atoms with Crippen LogP contribution < -0.4 is 0 Å². The molecule has 1 aromatic rings. The number of nitrogens with zero attached hydrogens (tertiary/aromatic N) is 1. The van der Waals surface area contributed by atoms with Crippen LogP contribution in [-0.2, 0) is 9.53 Å². The summed E-state index contributed by atoms with van der Waals surface area (Å²) in [6, 6.07) is 6.15. The molecule has 0 heterocycles. The molecule has 4 bridgehead atoms. The molecule has 5 rings (SSSR count). The molecule has 5 heteroatoms. The number of methoxy groups -OCH3 is 1. The first-order valence-corrected chi connectivity index (χ1v) is 9.64. The molecule has 4 nitrogen and oxygen atoms in total. The van der Waals surface area contributed by atoms with Gasteiger partial charge in [-0.1, -0.05) is 12.1 Å². The van der Waals surface area contributed by atoms with E-state index in [0.717, 1.165) is 19.3 Å². The van der Waals surface area contributed by atoms with Gasteiger partial charge in [0, 0.05) is 12.1 Å². The number of esters is 1. The Morgan fingerprint density at radius 1 is 1.12 bits per heavy atom. The highest BCUT2D eigenvalue weighted by atomic mass is 19.1. The van der Waals surface area contributed by atoms with Gasteiger partial charge in [-0.05, 0) is 68.4 Å². The van der Waals surface area contributed by atoms with Crippen molar-refractivity contribution in [3.05, 3.63) is 35.6 Å². The number of hydrogen-bond donors (Lipinski definition) is 0. The Morgan fingerprint density at radius 3 is 2.23 bits per heavy atom. The van der Waals surface area contributed by atoms with Gasteiger partial charge in [-0.25, -0.2) is 4.39 Å². The van der Waals surface area contributed by atoms with Crippen molar-refractivity contribution in [2.45, 2.75) is 50.5 Å². The Kier molecular flexibility index (Phi) is 4.49. The molecule has 0 aromatic heterocycles. The molecule has 140 valence electrons. The van der Waals surface area contributed by atoms with E-state index in [2.05, 4.69) is 0 Å². The minimum atomic E-state index is -0.495. The van der Waals surface area contributed by atoms with Crippen LogP contribution in [-0.4, -0.2) is 36.0 Å². The van der Waals surface area contributed by atoms with E-state index >= 15 is 0 Å². The number of carbonyl (C=O) groups is 2. The van der Waals surface area contributed by atoms with E-state index in [0.29, 0.717) is 24.3 Å². The van der Waals surface area contributed by atoms with E-state index in [-0.39, 0.29) is 29.4 Å². The average Bonchev–Trinajstić information content (AvgIpc) is 2.60. The lowest BCUT2D eigenvalue weighted by Crippen LogP contribution is -2.62. The summed E-state index contributed by atoms with van der Waals surface area (Å²) in [4.78, 5) is 26.9. The van der Waals surface area contributed by atoms with Crippen LogP contribution in [0.3, 0.4) is 0 Å². The fraction of sp³-hybridized carbons (Fsp3) is 0.619. The molecular weight excluding hydrogens is 333 g/mol. The summed E-state index contributed by atoms with van der Waals surface area (Å²) >= 11 is 0. The molecule has 0 spiro atoms. The lowest BCUT2D eigenvalue weighted by Gasteiger charge is -2.60. The van der Waals surface area contributed by atoms with Gasteiger partial charge >= 0.3 is 5.97 Å². The van der Waals surface area contributed by atoms with Gasteiger partial charge in [-0.3, -0.25) is 9.59 Å². The standard InChI is InChI=1S/C21H26FNO3/c1-26-19(24)6-7-23(20(25)17-4-2-3-5-18(17)22)21-11-14-8-15(12-21)10-16(9-14)13-21/h2-5,14-16H,6-13H2,1H3. The highest BCUT2D eigenvalue weighted by Gasteiger charge is 2.54. The largest absolute Gasteiger partial charge is 0.469 e.